The van der Waals surface area contributed by atoms with Crippen molar-refractivity contribution < 1.29 is 9.53 Å². The molecule has 1 aromatic carbocycles. The van der Waals surface area contributed by atoms with Crippen LogP contribution in [-0.4, -0.2) is 30.1 Å². The standard InChI is InChI=1S/C28H37N3O2/c1-7-31(8-2)22-9-10-24-23(19-22)25(32)33-28(24,29-26(5)15-11-20(3)12-16-26)30-27(6)17-13-21(4)14-18-27/h9-15,17,19,29-30H,7-8,16,18H2,1-6H3. The Balaban J connectivity index is 1.77. The highest BCUT2D eigenvalue weighted by molar-refractivity contribution is 5.95. The average Bonchev–Trinajstić information content (AvgIpc) is 3.04. The van der Waals surface area contributed by atoms with Crippen molar-refractivity contribution in [3.63, 3.8) is 0 Å². The first-order valence-electron chi connectivity index (χ1n) is 12.0. The van der Waals surface area contributed by atoms with Crippen LogP contribution in [0, 0.1) is 0 Å². The maximum atomic E-state index is 13.2. The van der Waals surface area contributed by atoms with E-state index in [0.717, 1.165) is 37.2 Å². The molecule has 0 fully saturated rings. The Morgan fingerprint density at radius 1 is 0.939 bits per heavy atom. The Bertz CT molecular complexity index is 1020. The van der Waals surface area contributed by atoms with Crippen LogP contribution >= 0.6 is 0 Å². The number of anilines is 1. The van der Waals surface area contributed by atoms with Crippen molar-refractivity contribution in [1.29, 1.82) is 0 Å². The van der Waals surface area contributed by atoms with Crippen molar-refractivity contribution in [3.8, 4) is 0 Å². The predicted octanol–water partition coefficient (Wildman–Crippen LogP) is 5.32. The summed E-state index contributed by atoms with van der Waals surface area (Å²) in [4.78, 5) is 15.5. The van der Waals surface area contributed by atoms with Gasteiger partial charge in [0.25, 0.3) is 5.85 Å². The molecule has 1 aromatic rings. The minimum absolute atomic E-state index is 0.302. The summed E-state index contributed by atoms with van der Waals surface area (Å²) in [5.74, 6) is -1.44. The minimum atomic E-state index is -1.13. The van der Waals surface area contributed by atoms with Crippen LogP contribution in [0.1, 0.15) is 70.3 Å². The average molecular weight is 448 g/mol. The molecule has 0 saturated heterocycles. The zero-order chi connectivity index (χ0) is 23.9. The Morgan fingerprint density at radius 2 is 1.48 bits per heavy atom. The summed E-state index contributed by atoms with van der Waals surface area (Å²) in [7, 11) is 0. The van der Waals surface area contributed by atoms with Gasteiger partial charge in [-0.1, -0.05) is 47.6 Å². The fraction of sp³-hybridized carbons (Fsp3) is 0.464. The van der Waals surface area contributed by atoms with E-state index in [-0.39, 0.29) is 17.0 Å². The van der Waals surface area contributed by atoms with E-state index in [2.05, 4.69) is 99.6 Å². The van der Waals surface area contributed by atoms with Crippen molar-refractivity contribution in [3.05, 3.63) is 76.9 Å². The zero-order valence-corrected chi connectivity index (χ0v) is 20.8. The molecule has 1 heterocycles. The summed E-state index contributed by atoms with van der Waals surface area (Å²) in [5.41, 5.74) is 4.24. The van der Waals surface area contributed by atoms with Gasteiger partial charge in [0, 0.05) is 35.4 Å². The normalized spacial score (nSPS) is 30.5. The van der Waals surface area contributed by atoms with Crippen LogP contribution < -0.4 is 15.5 Å². The number of nitrogens with one attached hydrogen (secondary N) is 2. The fourth-order valence-electron chi connectivity index (χ4n) is 4.90. The van der Waals surface area contributed by atoms with Crippen molar-refractivity contribution >= 4 is 11.7 Å². The molecule has 5 nitrogen and oxygen atoms in total. The highest BCUT2D eigenvalue weighted by atomic mass is 16.6. The van der Waals surface area contributed by atoms with E-state index in [1.165, 1.54) is 11.1 Å². The molecule has 2 atom stereocenters. The maximum Gasteiger partial charge on any atom is 0.341 e. The number of cyclic esters (lactones) is 1. The number of carbonyl (C=O) groups is 1. The van der Waals surface area contributed by atoms with Crippen LogP contribution in [0.15, 0.2) is 65.8 Å². The molecule has 2 unspecified atom stereocenters. The first-order chi connectivity index (χ1) is 15.6. The van der Waals surface area contributed by atoms with Crippen molar-refractivity contribution in [2.24, 2.45) is 0 Å². The number of nitrogens with zero attached hydrogens (tertiary/aromatic N) is 1. The van der Waals surface area contributed by atoms with Gasteiger partial charge >= 0.3 is 5.97 Å². The van der Waals surface area contributed by atoms with Crippen LogP contribution in [0.25, 0.3) is 0 Å². The number of esters is 1. The maximum absolute atomic E-state index is 13.2. The molecule has 0 spiro atoms. The van der Waals surface area contributed by atoms with E-state index in [1.807, 2.05) is 12.1 Å². The number of ether oxygens (including phenoxy) is 1. The van der Waals surface area contributed by atoms with Crippen molar-refractivity contribution in [2.45, 2.75) is 71.3 Å². The Morgan fingerprint density at radius 3 is 1.94 bits per heavy atom. The summed E-state index contributed by atoms with van der Waals surface area (Å²) in [6.07, 6.45) is 14.7. The van der Waals surface area contributed by atoms with Gasteiger partial charge < -0.3 is 9.64 Å². The number of rotatable bonds is 7. The highest BCUT2D eigenvalue weighted by Crippen LogP contribution is 2.40. The smallest absolute Gasteiger partial charge is 0.341 e. The van der Waals surface area contributed by atoms with E-state index in [0.29, 0.717) is 5.56 Å². The first kappa shape index (κ1) is 23.5. The van der Waals surface area contributed by atoms with Gasteiger partial charge in [-0.25, -0.2) is 4.79 Å². The molecule has 3 aliphatic rings. The van der Waals surface area contributed by atoms with Crippen LogP contribution in [0.5, 0.6) is 0 Å². The van der Waals surface area contributed by atoms with Gasteiger partial charge in [0.05, 0.1) is 5.56 Å². The second kappa shape index (κ2) is 8.62. The molecule has 0 bridgehead atoms. The number of benzene rings is 1. The lowest BCUT2D eigenvalue weighted by molar-refractivity contribution is -0.0760. The van der Waals surface area contributed by atoms with Crippen molar-refractivity contribution in [2.75, 3.05) is 18.0 Å². The largest absolute Gasteiger partial charge is 0.422 e. The van der Waals surface area contributed by atoms with Crippen LogP contribution in [0.4, 0.5) is 5.69 Å². The van der Waals surface area contributed by atoms with Crippen LogP contribution in [-0.2, 0) is 10.6 Å². The number of carbonyl (C=O) groups excluding carboxylic acids is 1. The van der Waals surface area contributed by atoms with E-state index >= 15 is 0 Å². The van der Waals surface area contributed by atoms with Crippen LogP contribution in [0.2, 0.25) is 0 Å². The van der Waals surface area contributed by atoms with Crippen molar-refractivity contribution in [1.82, 2.24) is 10.6 Å². The minimum Gasteiger partial charge on any atom is -0.422 e. The third kappa shape index (κ3) is 4.57. The molecule has 5 heteroatoms. The second-order valence-electron chi connectivity index (χ2n) is 10.0. The molecule has 176 valence electrons. The van der Waals surface area contributed by atoms with Gasteiger partial charge in [-0.15, -0.1) is 0 Å². The summed E-state index contributed by atoms with van der Waals surface area (Å²) in [5, 5.41) is 7.44. The van der Waals surface area contributed by atoms with E-state index < -0.39 is 5.85 Å². The number of fused-ring (bicyclic) bond motifs is 1. The molecule has 0 radical (unpaired) electrons. The lowest BCUT2D eigenvalue weighted by Crippen LogP contribution is -2.66. The Labute approximate surface area is 198 Å². The van der Waals surface area contributed by atoms with E-state index in [4.69, 9.17) is 4.74 Å². The molecular weight excluding hydrogens is 410 g/mol. The Kier molecular flexibility index (Phi) is 6.14. The first-order valence-corrected chi connectivity index (χ1v) is 12.0. The number of allylic oxidation sites excluding steroid dienone is 4. The fourth-order valence-corrected chi connectivity index (χ4v) is 4.90. The molecule has 1 aliphatic heterocycles. The lowest BCUT2D eigenvalue weighted by atomic mass is 9.87. The zero-order valence-electron chi connectivity index (χ0n) is 20.8. The molecule has 33 heavy (non-hydrogen) atoms. The van der Waals surface area contributed by atoms with Gasteiger partial charge in [-0.05, 0) is 72.6 Å². The molecule has 4 rings (SSSR count). The third-order valence-electron chi connectivity index (χ3n) is 7.02. The van der Waals surface area contributed by atoms with Gasteiger partial charge in [0.2, 0.25) is 0 Å². The van der Waals surface area contributed by atoms with Crippen LogP contribution in [0.3, 0.4) is 0 Å². The monoisotopic (exact) mass is 447 g/mol. The Hall–Kier alpha value is -2.63. The summed E-state index contributed by atoms with van der Waals surface area (Å²) < 4.78 is 6.22. The molecule has 2 N–H and O–H groups in total. The quantitative estimate of drug-likeness (QED) is 0.437. The van der Waals surface area contributed by atoms with Gasteiger partial charge in [0.15, 0.2) is 0 Å². The molecule has 0 saturated carbocycles. The topological polar surface area (TPSA) is 53.6 Å². The van der Waals surface area contributed by atoms with Gasteiger partial charge in [0.1, 0.15) is 0 Å². The second-order valence-corrected chi connectivity index (χ2v) is 10.0. The molecule has 0 amide bonds. The SMILES string of the molecule is CCN(CC)c1ccc2c(c1)C(=O)OC2(NC1(C)C=CC(C)=CC1)NC1(C)C=CC(C)=CC1. The van der Waals surface area contributed by atoms with Gasteiger partial charge in [-0.2, -0.15) is 0 Å². The van der Waals surface area contributed by atoms with E-state index in [1.54, 1.807) is 0 Å². The predicted molar refractivity (Wildman–Crippen MR) is 135 cm³/mol. The van der Waals surface area contributed by atoms with Gasteiger partial charge in [-0.3, -0.25) is 10.6 Å². The summed E-state index contributed by atoms with van der Waals surface area (Å²) in [6.45, 7) is 14.5. The number of hydrogen-bond acceptors (Lipinski definition) is 5. The number of hydrogen-bond donors (Lipinski definition) is 2. The summed E-state index contributed by atoms with van der Waals surface area (Å²) in [6, 6.07) is 6.11. The third-order valence-corrected chi connectivity index (χ3v) is 7.02. The van der Waals surface area contributed by atoms with E-state index in [9.17, 15) is 4.79 Å². The lowest BCUT2D eigenvalue weighted by Gasteiger charge is -2.45. The molecule has 2 aliphatic carbocycles. The molecular formula is C28H37N3O2. The summed E-state index contributed by atoms with van der Waals surface area (Å²) >= 11 is 0. The molecule has 0 aromatic heterocycles. The highest BCUT2D eigenvalue weighted by Gasteiger charge is 2.51.